The molecule has 5 N–H and O–H groups in total. The predicted octanol–water partition coefficient (Wildman–Crippen LogP) is -0.733. The molecular weight excluding hydrogens is 266 g/mol. The molecule has 0 aliphatic carbocycles. The number of aryl methyl sites for hydroxylation is 1. The summed E-state index contributed by atoms with van der Waals surface area (Å²) in [6, 6.07) is 0. The van der Waals surface area contributed by atoms with Crippen LogP contribution < -0.4 is 5.73 Å². The van der Waals surface area contributed by atoms with Gasteiger partial charge in [-0.1, -0.05) is 0 Å². The van der Waals surface area contributed by atoms with E-state index in [0.717, 1.165) is 0 Å². The van der Waals surface area contributed by atoms with Crippen molar-refractivity contribution in [2.75, 3.05) is 12.3 Å². The van der Waals surface area contributed by atoms with Gasteiger partial charge in [-0.2, -0.15) is 0 Å². The van der Waals surface area contributed by atoms with Gasteiger partial charge in [0, 0.05) is 5.56 Å². The van der Waals surface area contributed by atoms with Gasteiger partial charge in [-0.15, -0.1) is 0 Å². The number of aliphatic hydroxyl groups is 3. The highest BCUT2D eigenvalue weighted by molar-refractivity contribution is 5.80. The van der Waals surface area contributed by atoms with Gasteiger partial charge in [-0.05, 0) is 6.92 Å². The molecule has 1 fully saturated rings. The van der Waals surface area contributed by atoms with E-state index in [1.54, 1.807) is 6.92 Å². The van der Waals surface area contributed by atoms with Gasteiger partial charge < -0.3 is 30.2 Å². The van der Waals surface area contributed by atoms with Crippen molar-refractivity contribution in [3.63, 3.8) is 0 Å². The van der Waals surface area contributed by atoms with Crippen LogP contribution in [-0.4, -0.2) is 50.2 Å². The maximum Gasteiger partial charge on any atom is 0.221 e. The maximum absolute atomic E-state index is 10.0. The Morgan fingerprint density at radius 2 is 2.05 bits per heavy atom. The summed E-state index contributed by atoms with van der Waals surface area (Å²) in [5, 5.41) is 28.9. The molecule has 0 spiro atoms. The first-order valence-electron chi connectivity index (χ1n) is 6.16. The zero-order valence-corrected chi connectivity index (χ0v) is 10.7. The molecule has 2 aromatic rings. The fourth-order valence-corrected chi connectivity index (χ4v) is 2.46. The molecule has 108 valence electrons. The lowest BCUT2D eigenvalue weighted by molar-refractivity contribution is -0.0226. The number of hydrogen-bond donors (Lipinski definition) is 4. The lowest BCUT2D eigenvalue weighted by Crippen LogP contribution is -2.32. The summed E-state index contributed by atoms with van der Waals surface area (Å²) < 4.78 is 10.8. The molecule has 0 amide bonds. The molecule has 0 saturated carbocycles. The normalized spacial score (nSPS) is 30.2. The van der Waals surface area contributed by atoms with Crippen LogP contribution in [0.5, 0.6) is 0 Å². The molecule has 8 heteroatoms. The second-order valence-corrected chi connectivity index (χ2v) is 4.79. The van der Waals surface area contributed by atoms with Crippen LogP contribution in [0, 0.1) is 6.92 Å². The van der Waals surface area contributed by atoms with Crippen LogP contribution in [0.3, 0.4) is 0 Å². The Balaban J connectivity index is 2.07. The summed E-state index contributed by atoms with van der Waals surface area (Å²) >= 11 is 0. The van der Waals surface area contributed by atoms with Gasteiger partial charge in [0.1, 0.15) is 29.9 Å². The van der Waals surface area contributed by atoms with Crippen LogP contribution in [0.2, 0.25) is 0 Å². The third-order valence-electron chi connectivity index (χ3n) is 3.48. The number of furan rings is 1. The van der Waals surface area contributed by atoms with Crippen molar-refractivity contribution in [3.8, 4) is 0 Å². The van der Waals surface area contributed by atoms with Crippen LogP contribution in [0.1, 0.15) is 17.4 Å². The lowest BCUT2D eigenvalue weighted by Gasteiger charge is -2.12. The average Bonchev–Trinajstić information content (AvgIpc) is 2.93. The van der Waals surface area contributed by atoms with E-state index in [0.29, 0.717) is 22.4 Å². The predicted molar refractivity (Wildman–Crippen MR) is 67.7 cm³/mol. The van der Waals surface area contributed by atoms with E-state index in [9.17, 15) is 10.2 Å². The van der Waals surface area contributed by atoms with Gasteiger partial charge in [0.15, 0.2) is 5.58 Å². The summed E-state index contributed by atoms with van der Waals surface area (Å²) in [6.45, 7) is 1.34. The van der Waals surface area contributed by atoms with Crippen molar-refractivity contribution in [1.82, 2.24) is 9.97 Å². The highest BCUT2D eigenvalue weighted by atomic mass is 16.6. The van der Waals surface area contributed by atoms with Crippen LogP contribution in [0.25, 0.3) is 11.1 Å². The molecule has 1 saturated heterocycles. The van der Waals surface area contributed by atoms with Crippen molar-refractivity contribution >= 4 is 17.0 Å². The third-order valence-corrected chi connectivity index (χ3v) is 3.48. The molecule has 1 aliphatic rings. The molecule has 0 aromatic carbocycles. The summed E-state index contributed by atoms with van der Waals surface area (Å²) in [5.74, 6) is 0.0874. The Labute approximate surface area is 113 Å². The molecule has 0 radical (unpaired) electrons. The van der Waals surface area contributed by atoms with Gasteiger partial charge in [0.05, 0.1) is 18.6 Å². The Bertz CT molecular complexity index is 643. The van der Waals surface area contributed by atoms with Crippen LogP contribution >= 0.6 is 0 Å². The van der Waals surface area contributed by atoms with Crippen molar-refractivity contribution in [3.05, 3.63) is 17.5 Å². The molecule has 0 unspecified atom stereocenters. The van der Waals surface area contributed by atoms with Gasteiger partial charge in [-0.3, -0.25) is 0 Å². The lowest BCUT2D eigenvalue weighted by atomic mass is 10.0. The van der Waals surface area contributed by atoms with Crippen molar-refractivity contribution in [2.45, 2.75) is 31.3 Å². The Hall–Kier alpha value is -1.74. The molecule has 0 bridgehead atoms. The molecule has 20 heavy (non-hydrogen) atoms. The summed E-state index contributed by atoms with van der Waals surface area (Å²) in [5.41, 5.74) is 7.54. The zero-order chi connectivity index (χ0) is 14.4. The minimum absolute atomic E-state index is 0.0874. The molecular formula is C12H15N3O5. The van der Waals surface area contributed by atoms with Crippen molar-refractivity contribution in [2.24, 2.45) is 0 Å². The number of nitrogens with zero attached hydrogens (tertiary/aromatic N) is 2. The standard InChI is InChI=1S/C12H15N3O5/c1-4-10-7(15-12(13)14-4)5(3-19-10)11-9(18)8(17)6(2-16)20-11/h3,6,8-9,11,16-18H,2H2,1H3,(H2,13,14,15)/t6-,8-,9-,11+/m1/s1. The van der Waals surface area contributed by atoms with E-state index in [-0.39, 0.29) is 12.6 Å². The highest BCUT2D eigenvalue weighted by Gasteiger charge is 2.44. The monoisotopic (exact) mass is 281 g/mol. The van der Waals surface area contributed by atoms with Gasteiger partial charge in [0.25, 0.3) is 0 Å². The van der Waals surface area contributed by atoms with Crippen LogP contribution in [0.15, 0.2) is 10.7 Å². The third kappa shape index (κ3) is 1.85. The maximum atomic E-state index is 10.0. The zero-order valence-electron chi connectivity index (χ0n) is 10.7. The highest BCUT2D eigenvalue weighted by Crippen LogP contribution is 2.37. The molecule has 4 atom stereocenters. The first-order chi connectivity index (χ1) is 9.52. The first-order valence-corrected chi connectivity index (χ1v) is 6.16. The van der Waals surface area contributed by atoms with Crippen molar-refractivity contribution in [1.29, 1.82) is 0 Å². The Kier molecular flexibility index (Phi) is 3.09. The van der Waals surface area contributed by atoms with Crippen molar-refractivity contribution < 1.29 is 24.5 Å². The minimum Gasteiger partial charge on any atom is -0.460 e. The number of aromatic nitrogens is 2. The number of hydrogen-bond acceptors (Lipinski definition) is 8. The number of rotatable bonds is 2. The van der Waals surface area contributed by atoms with E-state index in [2.05, 4.69) is 9.97 Å². The van der Waals surface area contributed by atoms with E-state index in [4.69, 9.17) is 20.0 Å². The quantitative estimate of drug-likeness (QED) is 0.565. The minimum atomic E-state index is -1.18. The van der Waals surface area contributed by atoms with Gasteiger partial charge in [0.2, 0.25) is 5.95 Å². The topological polar surface area (TPSA) is 135 Å². The molecule has 3 heterocycles. The number of anilines is 1. The van der Waals surface area contributed by atoms with E-state index in [1.165, 1.54) is 6.26 Å². The van der Waals surface area contributed by atoms with Crippen LogP contribution in [-0.2, 0) is 4.74 Å². The fourth-order valence-electron chi connectivity index (χ4n) is 2.46. The number of fused-ring (bicyclic) bond motifs is 1. The van der Waals surface area contributed by atoms with Gasteiger partial charge >= 0.3 is 0 Å². The van der Waals surface area contributed by atoms with Crippen LogP contribution in [0.4, 0.5) is 5.95 Å². The molecule has 8 nitrogen and oxygen atoms in total. The number of ether oxygens (including phenoxy) is 1. The number of nitrogen functional groups attached to an aromatic ring is 1. The summed E-state index contributed by atoms with van der Waals surface area (Å²) in [4.78, 5) is 8.08. The average molecular weight is 281 g/mol. The largest absolute Gasteiger partial charge is 0.460 e. The smallest absolute Gasteiger partial charge is 0.221 e. The second kappa shape index (κ2) is 4.67. The van der Waals surface area contributed by atoms with E-state index < -0.39 is 24.4 Å². The van der Waals surface area contributed by atoms with Gasteiger partial charge in [-0.25, -0.2) is 9.97 Å². The number of aliphatic hydroxyl groups excluding tert-OH is 3. The van der Waals surface area contributed by atoms with E-state index in [1.807, 2.05) is 0 Å². The fraction of sp³-hybridized carbons (Fsp3) is 0.500. The number of nitrogens with two attached hydrogens (primary N) is 1. The second-order valence-electron chi connectivity index (χ2n) is 4.79. The molecule has 2 aromatic heterocycles. The first kappa shape index (κ1) is 13.3. The Morgan fingerprint density at radius 1 is 1.30 bits per heavy atom. The van der Waals surface area contributed by atoms with E-state index >= 15 is 0 Å². The Morgan fingerprint density at radius 3 is 2.70 bits per heavy atom. The molecule has 3 rings (SSSR count). The SMILES string of the molecule is Cc1nc(N)nc2c([C@@H]3O[C@H](CO)[C@@H](O)[C@H]3O)coc12. The molecule has 1 aliphatic heterocycles. The summed E-state index contributed by atoms with van der Waals surface area (Å²) in [6.07, 6.45) is -2.64. The summed E-state index contributed by atoms with van der Waals surface area (Å²) in [7, 11) is 0.